The minimum Gasteiger partial charge on any atom is -0.493 e. The Labute approximate surface area is 124 Å². The minimum atomic E-state index is 0.0836. The molecule has 0 aliphatic rings. The van der Waals surface area contributed by atoms with Crippen molar-refractivity contribution in [2.45, 2.75) is 71.3 Å². The molecule has 2 N–H and O–H groups in total. The highest BCUT2D eigenvalue weighted by atomic mass is 16.5. The second-order valence-electron chi connectivity index (χ2n) is 5.52. The molecule has 1 atom stereocenters. The minimum absolute atomic E-state index is 0.0836. The third kappa shape index (κ3) is 6.42. The van der Waals surface area contributed by atoms with Gasteiger partial charge in [-0.05, 0) is 18.9 Å². The number of ether oxygens (including phenoxy) is 1. The summed E-state index contributed by atoms with van der Waals surface area (Å²) in [7, 11) is 0. The summed E-state index contributed by atoms with van der Waals surface area (Å²) in [5, 5.41) is 0. The van der Waals surface area contributed by atoms with E-state index >= 15 is 0 Å². The average Bonchev–Trinajstić information content (AvgIpc) is 2.49. The second-order valence-corrected chi connectivity index (χ2v) is 5.52. The molecule has 0 saturated heterocycles. The van der Waals surface area contributed by atoms with Crippen LogP contribution in [0.5, 0.6) is 5.75 Å². The molecule has 2 heteroatoms. The van der Waals surface area contributed by atoms with Crippen LogP contribution in [0.1, 0.15) is 76.8 Å². The Morgan fingerprint density at radius 2 is 1.60 bits per heavy atom. The molecule has 0 radical (unpaired) electrons. The number of hydrogen-bond donors (Lipinski definition) is 1. The van der Waals surface area contributed by atoms with Crippen LogP contribution < -0.4 is 10.5 Å². The van der Waals surface area contributed by atoms with Crippen molar-refractivity contribution >= 4 is 0 Å². The van der Waals surface area contributed by atoms with Gasteiger partial charge in [0.25, 0.3) is 0 Å². The van der Waals surface area contributed by atoms with Crippen LogP contribution in [0.15, 0.2) is 24.3 Å². The SMILES string of the molecule is CCCCCCCCCOc1ccccc1C(N)CC. The average molecular weight is 277 g/mol. The first kappa shape index (κ1) is 17.0. The predicted octanol–water partition coefficient (Wildman–Crippen LogP) is 5.23. The molecule has 1 aromatic carbocycles. The molecule has 0 aromatic heterocycles. The zero-order chi connectivity index (χ0) is 14.6. The van der Waals surface area contributed by atoms with Gasteiger partial charge in [0, 0.05) is 11.6 Å². The molecule has 1 aromatic rings. The largest absolute Gasteiger partial charge is 0.493 e. The van der Waals surface area contributed by atoms with E-state index in [-0.39, 0.29) is 6.04 Å². The number of para-hydroxylation sites is 1. The van der Waals surface area contributed by atoms with Crippen molar-refractivity contribution in [1.29, 1.82) is 0 Å². The second kappa shape index (κ2) is 10.7. The van der Waals surface area contributed by atoms with E-state index in [0.29, 0.717) is 0 Å². The lowest BCUT2D eigenvalue weighted by Gasteiger charge is -2.15. The molecule has 0 aliphatic carbocycles. The maximum Gasteiger partial charge on any atom is 0.124 e. The molecule has 20 heavy (non-hydrogen) atoms. The fraction of sp³-hybridized carbons (Fsp3) is 0.667. The van der Waals surface area contributed by atoms with E-state index in [1.807, 2.05) is 18.2 Å². The van der Waals surface area contributed by atoms with Crippen LogP contribution in [0.3, 0.4) is 0 Å². The first-order valence-corrected chi connectivity index (χ1v) is 8.26. The van der Waals surface area contributed by atoms with Gasteiger partial charge in [-0.3, -0.25) is 0 Å². The monoisotopic (exact) mass is 277 g/mol. The summed E-state index contributed by atoms with van der Waals surface area (Å²) in [5.41, 5.74) is 7.25. The molecule has 0 amide bonds. The van der Waals surface area contributed by atoms with Gasteiger partial charge in [0.2, 0.25) is 0 Å². The van der Waals surface area contributed by atoms with E-state index in [2.05, 4.69) is 19.9 Å². The van der Waals surface area contributed by atoms with Crippen LogP contribution >= 0.6 is 0 Å². The highest BCUT2D eigenvalue weighted by molar-refractivity contribution is 5.35. The van der Waals surface area contributed by atoms with E-state index in [9.17, 15) is 0 Å². The van der Waals surface area contributed by atoms with Crippen LogP contribution in [-0.2, 0) is 0 Å². The maximum absolute atomic E-state index is 6.11. The third-order valence-electron chi connectivity index (χ3n) is 3.76. The molecule has 0 spiro atoms. The molecular weight excluding hydrogens is 246 g/mol. The summed E-state index contributed by atoms with van der Waals surface area (Å²) >= 11 is 0. The quantitative estimate of drug-likeness (QED) is 0.562. The van der Waals surface area contributed by atoms with Gasteiger partial charge in [0.05, 0.1) is 6.61 Å². The molecule has 0 heterocycles. The molecule has 114 valence electrons. The van der Waals surface area contributed by atoms with Gasteiger partial charge in [-0.1, -0.05) is 70.6 Å². The zero-order valence-electron chi connectivity index (χ0n) is 13.2. The van der Waals surface area contributed by atoms with Crippen molar-refractivity contribution in [2.24, 2.45) is 5.73 Å². The number of hydrogen-bond acceptors (Lipinski definition) is 2. The lowest BCUT2D eigenvalue weighted by atomic mass is 10.0. The van der Waals surface area contributed by atoms with Gasteiger partial charge in [-0.15, -0.1) is 0 Å². The van der Waals surface area contributed by atoms with Crippen LogP contribution in [0.25, 0.3) is 0 Å². The Hall–Kier alpha value is -1.02. The predicted molar refractivity (Wildman–Crippen MR) is 87.1 cm³/mol. The Bertz CT molecular complexity index is 351. The zero-order valence-corrected chi connectivity index (χ0v) is 13.2. The van der Waals surface area contributed by atoms with Crippen LogP contribution in [0.4, 0.5) is 0 Å². The van der Waals surface area contributed by atoms with Gasteiger partial charge >= 0.3 is 0 Å². The standard InChI is InChI=1S/C18H31NO/c1-3-5-6-7-8-9-12-15-20-18-14-11-10-13-16(18)17(19)4-2/h10-11,13-14,17H,3-9,12,15,19H2,1-2H3. The molecular formula is C18H31NO. The Kier molecular flexibility index (Phi) is 9.14. The van der Waals surface area contributed by atoms with Crippen LogP contribution in [-0.4, -0.2) is 6.61 Å². The van der Waals surface area contributed by atoms with Crippen LogP contribution in [0.2, 0.25) is 0 Å². The fourth-order valence-corrected chi connectivity index (χ4v) is 2.38. The van der Waals surface area contributed by atoms with Crippen molar-refractivity contribution in [3.63, 3.8) is 0 Å². The highest BCUT2D eigenvalue weighted by Crippen LogP contribution is 2.25. The van der Waals surface area contributed by atoms with Crippen molar-refractivity contribution in [1.82, 2.24) is 0 Å². The Balaban J connectivity index is 2.22. The molecule has 0 bridgehead atoms. The number of unbranched alkanes of at least 4 members (excludes halogenated alkanes) is 6. The molecule has 0 aliphatic heterocycles. The summed E-state index contributed by atoms with van der Waals surface area (Å²) in [5.74, 6) is 0.966. The van der Waals surface area contributed by atoms with Crippen LogP contribution in [0, 0.1) is 0 Å². The number of rotatable bonds is 11. The Morgan fingerprint density at radius 1 is 0.950 bits per heavy atom. The third-order valence-corrected chi connectivity index (χ3v) is 3.76. The molecule has 1 rings (SSSR count). The van der Waals surface area contributed by atoms with Gasteiger partial charge in [-0.25, -0.2) is 0 Å². The first-order valence-electron chi connectivity index (χ1n) is 8.26. The number of nitrogens with two attached hydrogens (primary N) is 1. The first-order chi connectivity index (χ1) is 9.79. The summed E-state index contributed by atoms with van der Waals surface area (Å²) in [6.07, 6.45) is 10.1. The summed E-state index contributed by atoms with van der Waals surface area (Å²) in [6.45, 7) is 5.17. The van der Waals surface area contributed by atoms with Crippen molar-refractivity contribution in [2.75, 3.05) is 6.61 Å². The van der Waals surface area contributed by atoms with E-state index in [4.69, 9.17) is 10.5 Å². The maximum atomic E-state index is 6.11. The lowest BCUT2D eigenvalue weighted by Crippen LogP contribution is -2.11. The summed E-state index contributed by atoms with van der Waals surface area (Å²) in [4.78, 5) is 0. The Morgan fingerprint density at radius 3 is 2.30 bits per heavy atom. The van der Waals surface area contributed by atoms with Crippen molar-refractivity contribution in [3.8, 4) is 5.75 Å². The molecule has 1 unspecified atom stereocenters. The molecule has 0 saturated carbocycles. The van der Waals surface area contributed by atoms with E-state index in [1.165, 1.54) is 38.5 Å². The van der Waals surface area contributed by atoms with Gasteiger partial charge in [0.15, 0.2) is 0 Å². The van der Waals surface area contributed by atoms with E-state index in [1.54, 1.807) is 0 Å². The number of benzene rings is 1. The summed E-state index contributed by atoms with van der Waals surface area (Å²) < 4.78 is 5.91. The van der Waals surface area contributed by atoms with E-state index < -0.39 is 0 Å². The molecule has 2 nitrogen and oxygen atoms in total. The highest BCUT2D eigenvalue weighted by Gasteiger charge is 2.09. The fourth-order valence-electron chi connectivity index (χ4n) is 2.38. The normalized spacial score (nSPS) is 12.3. The molecule has 0 fully saturated rings. The van der Waals surface area contributed by atoms with Gasteiger partial charge in [0.1, 0.15) is 5.75 Å². The van der Waals surface area contributed by atoms with Gasteiger partial charge in [-0.2, -0.15) is 0 Å². The van der Waals surface area contributed by atoms with Gasteiger partial charge < -0.3 is 10.5 Å². The topological polar surface area (TPSA) is 35.2 Å². The van der Waals surface area contributed by atoms with E-state index in [0.717, 1.165) is 30.8 Å². The smallest absolute Gasteiger partial charge is 0.124 e. The van der Waals surface area contributed by atoms with Crippen molar-refractivity contribution < 1.29 is 4.74 Å². The summed E-state index contributed by atoms with van der Waals surface area (Å²) in [6, 6.07) is 8.25. The van der Waals surface area contributed by atoms with Crippen molar-refractivity contribution in [3.05, 3.63) is 29.8 Å². The lowest BCUT2D eigenvalue weighted by molar-refractivity contribution is 0.299.